The molecule has 2 aromatic heterocycles. The van der Waals surface area contributed by atoms with Crippen LogP contribution in [0.15, 0.2) is 73.1 Å². The molecule has 2 aromatic carbocycles. The number of aromatic nitrogens is 4. The first-order valence-electron chi connectivity index (χ1n) is 11.4. The highest BCUT2D eigenvalue weighted by Gasteiger charge is 2.18. The number of rotatable bonds is 5. The van der Waals surface area contributed by atoms with Crippen LogP contribution in [0.3, 0.4) is 0 Å². The first-order valence-corrected chi connectivity index (χ1v) is 11.4. The quantitative estimate of drug-likeness (QED) is 0.375. The van der Waals surface area contributed by atoms with Crippen molar-refractivity contribution in [3.8, 4) is 22.8 Å². The molecule has 3 heterocycles. The van der Waals surface area contributed by atoms with Gasteiger partial charge >= 0.3 is 0 Å². The first kappa shape index (κ1) is 23.9. The van der Waals surface area contributed by atoms with Crippen LogP contribution in [0.4, 0.5) is 5.82 Å². The molecule has 9 nitrogen and oxygen atoms in total. The van der Waals surface area contributed by atoms with Crippen LogP contribution in [0.5, 0.6) is 11.5 Å². The van der Waals surface area contributed by atoms with E-state index < -0.39 is 0 Å². The van der Waals surface area contributed by atoms with Gasteiger partial charge in [0, 0.05) is 24.2 Å². The summed E-state index contributed by atoms with van der Waals surface area (Å²) in [4.78, 5) is 21.3. The van der Waals surface area contributed by atoms with Crippen LogP contribution in [0.25, 0.3) is 22.3 Å². The summed E-state index contributed by atoms with van der Waals surface area (Å²) >= 11 is 0. The number of carbonyl (C=O) groups excluding carboxylic acids is 1. The number of ether oxygens (including phenoxy) is 1. The second kappa shape index (κ2) is 11.3. The summed E-state index contributed by atoms with van der Waals surface area (Å²) in [5.74, 6) is 1.87. The minimum Gasteiger partial charge on any atom is -0.457 e. The molecule has 0 bridgehead atoms. The van der Waals surface area contributed by atoms with Crippen molar-refractivity contribution in [2.24, 2.45) is 0 Å². The number of aromatic amines is 1. The molecule has 1 aliphatic rings. The molecule has 0 radical (unpaired) electrons. The molecule has 180 valence electrons. The highest BCUT2D eigenvalue weighted by Crippen LogP contribution is 2.30. The number of piperidine rings is 1. The van der Waals surface area contributed by atoms with Gasteiger partial charge in [-0.3, -0.25) is 9.89 Å². The van der Waals surface area contributed by atoms with Gasteiger partial charge in [0.05, 0.1) is 17.7 Å². The smallest absolute Gasteiger partial charge is 0.251 e. The van der Waals surface area contributed by atoms with E-state index in [0.29, 0.717) is 17.0 Å². The Morgan fingerprint density at radius 1 is 1.03 bits per heavy atom. The van der Waals surface area contributed by atoms with Crippen molar-refractivity contribution in [3.05, 3.63) is 73.1 Å². The van der Waals surface area contributed by atoms with Crippen molar-refractivity contribution >= 4 is 22.8 Å². The second-order valence-electron chi connectivity index (χ2n) is 8.11. The predicted molar refractivity (Wildman–Crippen MR) is 135 cm³/mol. The fourth-order valence-corrected chi connectivity index (χ4v) is 3.79. The van der Waals surface area contributed by atoms with Gasteiger partial charge in [-0.1, -0.05) is 24.8 Å². The van der Waals surface area contributed by atoms with E-state index in [0.717, 1.165) is 54.1 Å². The Morgan fingerprint density at radius 3 is 2.40 bits per heavy atom. The Balaban J connectivity index is 0.000000204. The van der Waals surface area contributed by atoms with Crippen LogP contribution in [-0.2, 0) is 4.79 Å². The standard InChI is InChI=1S/C17H13N5O.C9H15NO2/c18-16-14-15(21-22-17(14)20-10-19-16)11-6-8-13(9-7-11)23-12-4-2-1-3-5-12;1-8(7-11)9(12)10-5-3-2-4-6-10/h1-10H,(H3,18,19,20,21,22);11H,1-7H2. The van der Waals surface area contributed by atoms with Gasteiger partial charge < -0.3 is 20.5 Å². The number of aliphatic hydroxyl groups is 1. The van der Waals surface area contributed by atoms with Gasteiger partial charge in [0.1, 0.15) is 23.6 Å². The van der Waals surface area contributed by atoms with E-state index in [4.69, 9.17) is 15.6 Å². The molecular formula is C26H28N6O3. The zero-order valence-corrected chi connectivity index (χ0v) is 19.4. The van der Waals surface area contributed by atoms with E-state index in [1.807, 2.05) is 54.6 Å². The fourth-order valence-electron chi connectivity index (χ4n) is 3.79. The van der Waals surface area contributed by atoms with E-state index in [1.165, 1.54) is 12.7 Å². The number of nitrogen functional groups attached to an aromatic ring is 1. The second-order valence-corrected chi connectivity index (χ2v) is 8.11. The van der Waals surface area contributed by atoms with Crippen molar-refractivity contribution in [1.29, 1.82) is 0 Å². The highest BCUT2D eigenvalue weighted by atomic mass is 16.5. The highest BCUT2D eigenvalue weighted by molar-refractivity contribution is 5.97. The number of hydrogen-bond acceptors (Lipinski definition) is 7. The van der Waals surface area contributed by atoms with Gasteiger partial charge in [0.2, 0.25) is 0 Å². The Hall–Kier alpha value is -4.24. The van der Waals surface area contributed by atoms with Gasteiger partial charge in [-0.2, -0.15) is 5.10 Å². The summed E-state index contributed by atoms with van der Waals surface area (Å²) in [7, 11) is 0. The molecule has 0 atom stereocenters. The number of amides is 1. The maximum absolute atomic E-state index is 11.4. The molecule has 1 fully saturated rings. The number of H-pyrrole nitrogens is 1. The fraction of sp³-hybridized carbons (Fsp3) is 0.231. The van der Waals surface area contributed by atoms with Crippen LogP contribution in [0.2, 0.25) is 0 Å². The van der Waals surface area contributed by atoms with Crippen LogP contribution in [0, 0.1) is 0 Å². The molecule has 35 heavy (non-hydrogen) atoms. The molecule has 1 saturated heterocycles. The molecule has 0 spiro atoms. The van der Waals surface area contributed by atoms with Crippen LogP contribution in [-0.4, -0.2) is 55.8 Å². The van der Waals surface area contributed by atoms with Crippen LogP contribution < -0.4 is 10.5 Å². The number of para-hydroxylation sites is 1. The summed E-state index contributed by atoms with van der Waals surface area (Å²) in [6, 6.07) is 17.3. The molecule has 4 aromatic rings. The van der Waals surface area contributed by atoms with Crippen molar-refractivity contribution in [2.75, 3.05) is 25.4 Å². The lowest BCUT2D eigenvalue weighted by Crippen LogP contribution is -2.36. The molecule has 0 unspecified atom stereocenters. The molecule has 1 aliphatic heterocycles. The summed E-state index contributed by atoms with van der Waals surface area (Å²) < 4.78 is 5.79. The van der Waals surface area contributed by atoms with Crippen molar-refractivity contribution in [2.45, 2.75) is 19.3 Å². The average molecular weight is 473 g/mol. The van der Waals surface area contributed by atoms with Crippen molar-refractivity contribution in [3.63, 3.8) is 0 Å². The van der Waals surface area contributed by atoms with Gasteiger partial charge in [-0.05, 0) is 55.7 Å². The zero-order valence-electron chi connectivity index (χ0n) is 19.4. The minimum atomic E-state index is -0.227. The number of nitrogens with one attached hydrogen (secondary N) is 1. The number of aliphatic hydroxyl groups excluding tert-OH is 1. The van der Waals surface area contributed by atoms with Crippen LogP contribution in [0.1, 0.15) is 19.3 Å². The van der Waals surface area contributed by atoms with Crippen molar-refractivity contribution < 1.29 is 14.6 Å². The molecular weight excluding hydrogens is 444 g/mol. The lowest BCUT2D eigenvalue weighted by atomic mass is 10.1. The predicted octanol–water partition coefficient (Wildman–Crippen LogP) is 3.94. The summed E-state index contributed by atoms with van der Waals surface area (Å²) in [6.45, 7) is 4.91. The topological polar surface area (TPSA) is 130 Å². The molecule has 9 heteroatoms. The largest absolute Gasteiger partial charge is 0.457 e. The third kappa shape index (κ3) is 5.82. The molecule has 5 rings (SSSR count). The lowest BCUT2D eigenvalue weighted by Gasteiger charge is -2.26. The summed E-state index contributed by atoms with van der Waals surface area (Å²) in [5.41, 5.74) is 8.53. The van der Waals surface area contributed by atoms with Crippen molar-refractivity contribution in [1.82, 2.24) is 25.1 Å². The normalized spacial score (nSPS) is 13.1. The number of nitrogens with two attached hydrogens (primary N) is 1. The first-order chi connectivity index (χ1) is 17.1. The van der Waals surface area contributed by atoms with Crippen LogP contribution >= 0.6 is 0 Å². The Labute approximate surface area is 203 Å². The number of anilines is 1. The Bertz CT molecular complexity index is 1280. The third-order valence-corrected chi connectivity index (χ3v) is 5.64. The van der Waals surface area contributed by atoms with E-state index in [2.05, 4.69) is 26.7 Å². The van der Waals surface area contributed by atoms with Gasteiger partial charge in [-0.15, -0.1) is 0 Å². The number of fused-ring (bicyclic) bond motifs is 1. The number of nitrogens with zero attached hydrogens (tertiary/aromatic N) is 4. The van der Waals surface area contributed by atoms with E-state index in [-0.39, 0.29) is 12.5 Å². The maximum Gasteiger partial charge on any atom is 0.251 e. The number of benzene rings is 2. The lowest BCUT2D eigenvalue weighted by molar-refractivity contribution is -0.128. The maximum atomic E-state index is 11.4. The summed E-state index contributed by atoms with van der Waals surface area (Å²) in [5, 5.41) is 16.5. The summed E-state index contributed by atoms with van der Waals surface area (Å²) in [6.07, 6.45) is 4.75. The zero-order chi connectivity index (χ0) is 24.6. The minimum absolute atomic E-state index is 0.0859. The molecule has 4 N–H and O–H groups in total. The van der Waals surface area contributed by atoms with E-state index in [9.17, 15) is 4.79 Å². The molecule has 0 saturated carbocycles. The molecule has 0 aliphatic carbocycles. The van der Waals surface area contributed by atoms with Gasteiger partial charge in [0.15, 0.2) is 5.65 Å². The third-order valence-electron chi connectivity index (χ3n) is 5.64. The van der Waals surface area contributed by atoms with Gasteiger partial charge in [-0.25, -0.2) is 9.97 Å². The molecule has 1 amide bonds. The number of likely N-dealkylation sites (tertiary alicyclic amines) is 1. The van der Waals surface area contributed by atoms with E-state index >= 15 is 0 Å². The number of carbonyl (C=O) groups is 1. The van der Waals surface area contributed by atoms with Gasteiger partial charge in [0.25, 0.3) is 5.91 Å². The van der Waals surface area contributed by atoms with E-state index in [1.54, 1.807) is 4.90 Å². The number of hydrogen-bond donors (Lipinski definition) is 3. The SMILES string of the molecule is C=C(CO)C(=O)N1CCCCC1.Nc1ncnc2n[nH]c(-c3ccc(Oc4ccccc4)cc3)c12. The average Bonchev–Trinajstić information content (AvgIpc) is 3.35. The Morgan fingerprint density at radius 2 is 1.71 bits per heavy atom. The monoisotopic (exact) mass is 472 g/mol. The Kier molecular flexibility index (Phi) is 7.69.